The number of aliphatic hydroxyl groups excluding tert-OH is 2. The molecule has 0 amide bonds. The molecule has 4 nitrogen and oxygen atoms in total. The van der Waals surface area contributed by atoms with Crippen molar-refractivity contribution < 1.29 is 20.1 Å². The maximum Gasteiger partial charge on any atom is 0.310 e. The Morgan fingerprint density at radius 3 is 2.24 bits per heavy atom. The minimum atomic E-state index is -0.683. The first-order valence-electron chi connectivity index (χ1n) is 14.0. The van der Waals surface area contributed by atoms with Crippen LogP contribution in [-0.4, -0.2) is 34.0 Å². The molecule has 5 fully saturated rings. The summed E-state index contributed by atoms with van der Waals surface area (Å²) in [5.41, 5.74) is 0.0113. The highest BCUT2D eigenvalue weighted by Crippen LogP contribution is 2.77. The van der Waals surface area contributed by atoms with E-state index in [-0.39, 0.29) is 34.7 Å². The molecule has 0 saturated heterocycles. The molecular weight excluding hydrogens is 424 g/mol. The number of allylic oxidation sites excluding steroid dienone is 1. The van der Waals surface area contributed by atoms with E-state index in [9.17, 15) is 20.1 Å². The van der Waals surface area contributed by atoms with Crippen LogP contribution in [0.2, 0.25) is 0 Å². The molecule has 11 atom stereocenters. The van der Waals surface area contributed by atoms with E-state index in [1.54, 1.807) is 0 Å². The van der Waals surface area contributed by atoms with Gasteiger partial charge in [-0.1, -0.05) is 39.8 Å². The Hall–Kier alpha value is -0.870. The van der Waals surface area contributed by atoms with Gasteiger partial charge in [-0.05, 0) is 117 Å². The fourth-order valence-corrected chi connectivity index (χ4v) is 11.7. The van der Waals surface area contributed by atoms with Crippen LogP contribution in [0.1, 0.15) is 98.8 Å². The van der Waals surface area contributed by atoms with Crippen molar-refractivity contribution in [1.82, 2.24) is 0 Å². The molecular formula is C30H48O4. The molecule has 0 radical (unpaired) electrons. The number of carboxylic acids is 1. The van der Waals surface area contributed by atoms with Gasteiger partial charge in [-0.2, -0.15) is 0 Å². The number of aliphatic carboxylic acids is 1. The Balaban J connectivity index is 1.61. The first-order chi connectivity index (χ1) is 15.8. The second-order valence-electron chi connectivity index (χ2n) is 14.4. The molecule has 0 unspecified atom stereocenters. The summed E-state index contributed by atoms with van der Waals surface area (Å²) >= 11 is 0. The number of fused-ring (bicyclic) bond motifs is 7. The van der Waals surface area contributed by atoms with Crippen LogP contribution in [0, 0.1) is 56.7 Å². The number of carbonyl (C=O) groups is 1. The lowest BCUT2D eigenvalue weighted by Gasteiger charge is -2.72. The number of rotatable bonds is 3. The summed E-state index contributed by atoms with van der Waals surface area (Å²) < 4.78 is 0. The van der Waals surface area contributed by atoms with Gasteiger partial charge in [-0.3, -0.25) is 4.79 Å². The van der Waals surface area contributed by atoms with Gasteiger partial charge in [0.15, 0.2) is 0 Å². The van der Waals surface area contributed by atoms with Gasteiger partial charge < -0.3 is 15.3 Å². The van der Waals surface area contributed by atoms with E-state index in [0.29, 0.717) is 24.2 Å². The predicted octanol–water partition coefficient (Wildman–Crippen LogP) is 6.06. The van der Waals surface area contributed by atoms with E-state index in [2.05, 4.69) is 41.2 Å². The predicted molar refractivity (Wildman–Crippen MR) is 134 cm³/mol. The van der Waals surface area contributed by atoms with Crippen LogP contribution in [0.4, 0.5) is 0 Å². The second kappa shape index (κ2) is 7.57. The van der Waals surface area contributed by atoms with Gasteiger partial charge in [0.05, 0.1) is 18.1 Å². The molecule has 192 valence electrons. The van der Waals surface area contributed by atoms with E-state index in [1.807, 2.05) is 0 Å². The molecule has 5 aliphatic rings. The number of aliphatic hydroxyl groups is 2. The molecule has 5 saturated carbocycles. The van der Waals surface area contributed by atoms with Gasteiger partial charge in [0.25, 0.3) is 0 Å². The maximum atomic E-state index is 13.5. The minimum absolute atomic E-state index is 0.00523. The summed E-state index contributed by atoms with van der Waals surface area (Å²) in [5.74, 6) is 1.09. The van der Waals surface area contributed by atoms with Crippen LogP contribution >= 0.6 is 0 Å². The number of hydrogen-bond donors (Lipinski definition) is 3. The average molecular weight is 473 g/mol. The lowest BCUT2D eigenvalue weighted by Crippen LogP contribution is -2.69. The van der Waals surface area contributed by atoms with Crippen molar-refractivity contribution in [3.63, 3.8) is 0 Å². The van der Waals surface area contributed by atoms with E-state index < -0.39 is 22.9 Å². The minimum Gasteiger partial charge on any atom is -0.481 e. The zero-order chi connectivity index (χ0) is 24.9. The largest absolute Gasteiger partial charge is 0.481 e. The molecule has 0 aromatic rings. The Morgan fingerprint density at radius 2 is 1.62 bits per heavy atom. The Morgan fingerprint density at radius 1 is 0.912 bits per heavy atom. The zero-order valence-corrected chi connectivity index (χ0v) is 22.2. The summed E-state index contributed by atoms with van der Waals surface area (Å²) in [6.45, 7) is 15.8. The lowest BCUT2D eigenvalue weighted by atomic mass is 9.32. The van der Waals surface area contributed by atoms with Crippen LogP contribution in [0.3, 0.4) is 0 Å². The van der Waals surface area contributed by atoms with Gasteiger partial charge in [-0.25, -0.2) is 0 Å². The fraction of sp³-hybridized carbons (Fsp3) is 0.900. The highest BCUT2D eigenvalue weighted by Gasteiger charge is 2.74. The summed E-state index contributed by atoms with van der Waals surface area (Å²) in [6, 6.07) is 0. The lowest BCUT2D eigenvalue weighted by molar-refractivity contribution is -0.258. The Bertz CT molecular complexity index is 883. The van der Waals surface area contributed by atoms with Crippen molar-refractivity contribution in [2.24, 2.45) is 56.7 Å². The molecule has 0 heterocycles. The topological polar surface area (TPSA) is 77.8 Å². The third-order valence-corrected chi connectivity index (χ3v) is 13.4. The third-order valence-electron chi connectivity index (χ3n) is 13.4. The van der Waals surface area contributed by atoms with Gasteiger partial charge in [0.2, 0.25) is 0 Å². The highest BCUT2D eigenvalue weighted by molar-refractivity contribution is 5.77. The molecule has 0 aromatic carbocycles. The van der Waals surface area contributed by atoms with Crippen LogP contribution < -0.4 is 0 Å². The van der Waals surface area contributed by atoms with Crippen molar-refractivity contribution in [2.45, 2.75) is 105 Å². The van der Waals surface area contributed by atoms with Gasteiger partial charge >= 0.3 is 5.97 Å². The monoisotopic (exact) mass is 472 g/mol. The Labute approximate surface area is 206 Å². The van der Waals surface area contributed by atoms with E-state index in [0.717, 1.165) is 51.4 Å². The summed E-state index contributed by atoms with van der Waals surface area (Å²) in [5, 5.41) is 32.5. The zero-order valence-electron chi connectivity index (χ0n) is 22.2. The molecule has 0 spiro atoms. The van der Waals surface area contributed by atoms with Crippen LogP contribution in [-0.2, 0) is 4.79 Å². The normalized spacial score (nSPS) is 56.6. The highest BCUT2D eigenvalue weighted by atomic mass is 16.4. The smallest absolute Gasteiger partial charge is 0.310 e. The summed E-state index contributed by atoms with van der Waals surface area (Å²) in [6.07, 6.45) is 9.22. The van der Waals surface area contributed by atoms with Crippen molar-refractivity contribution in [3.05, 3.63) is 12.2 Å². The summed E-state index contributed by atoms with van der Waals surface area (Å²) in [7, 11) is 0. The molecule has 0 aromatic heterocycles. The van der Waals surface area contributed by atoms with Gasteiger partial charge in [0, 0.05) is 5.41 Å². The van der Waals surface area contributed by atoms with E-state index >= 15 is 0 Å². The van der Waals surface area contributed by atoms with E-state index in [1.165, 1.54) is 12.0 Å². The molecule has 34 heavy (non-hydrogen) atoms. The molecule has 5 aliphatic carbocycles. The van der Waals surface area contributed by atoms with E-state index in [4.69, 9.17) is 0 Å². The quantitative estimate of drug-likeness (QED) is 0.436. The standard InChI is InChI=1S/C30H48O4/c1-18(2)19-9-12-26(3)15-16-30(25(33)34)20(24(19)26)7-8-22-27(4)13-11-23(32)28(5,17-31)21(27)10-14-29(22,30)6/h19-24,31-32H,1,7-17H2,2-6H3,(H,33,34)/t19-,20+,21+,22+,23-,24+,26+,27-,28-,29+,30+/m0/s1. The first-order valence-corrected chi connectivity index (χ1v) is 14.0. The van der Waals surface area contributed by atoms with Gasteiger partial charge in [0.1, 0.15) is 0 Å². The number of carboxylic acid groups (broad SMARTS) is 1. The van der Waals surface area contributed by atoms with Crippen molar-refractivity contribution in [1.29, 1.82) is 0 Å². The molecule has 5 rings (SSSR count). The molecule has 0 aliphatic heterocycles. The average Bonchev–Trinajstić information content (AvgIpc) is 3.14. The van der Waals surface area contributed by atoms with Crippen LogP contribution in [0.15, 0.2) is 12.2 Å². The maximum absolute atomic E-state index is 13.5. The fourth-order valence-electron chi connectivity index (χ4n) is 11.7. The number of hydrogen-bond acceptors (Lipinski definition) is 3. The first kappa shape index (κ1) is 24.8. The van der Waals surface area contributed by atoms with Gasteiger partial charge in [-0.15, -0.1) is 0 Å². The molecule has 3 N–H and O–H groups in total. The Kier molecular flexibility index (Phi) is 5.52. The third kappa shape index (κ3) is 2.76. The molecule has 4 heteroatoms. The SMILES string of the molecule is C=C(C)[C@@H]1CC[C@]2(C)CC[C@]3(C(=O)O)[C@H](CC[C@@H]4[C@@]5(C)CC[C@H](O)[C@@](C)(CO)[C@@H]5CC[C@]43C)[C@@H]12. The van der Waals surface area contributed by atoms with Crippen molar-refractivity contribution >= 4 is 5.97 Å². The van der Waals surface area contributed by atoms with Crippen molar-refractivity contribution in [3.8, 4) is 0 Å². The summed E-state index contributed by atoms with van der Waals surface area (Å²) in [4.78, 5) is 13.5. The second-order valence-corrected chi connectivity index (χ2v) is 14.4. The van der Waals surface area contributed by atoms with Crippen molar-refractivity contribution in [2.75, 3.05) is 6.61 Å². The molecule has 0 bridgehead atoms. The van der Waals surface area contributed by atoms with Crippen LogP contribution in [0.25, 0.3) is 0 Å². The van der Waals surface area contributed by atoms with Crippen LogP contribution in [0.5, 0.6) is 0 Å².